The van der Waals surface area contributed by atoms with E-state index >= 15 is 0 Å². The van der Waals surface area contributed by atoms with Gasteiger partial charge in [-0.2, -0.15) is 0 Å². The Morgan fingerprint density at radius 3 is 2.83 bits per heavy atom. The zero-order valence-electron chi connectivity index (χ0n) is 13.4. The van der Waals surface area contributed by atoms with Crippen LogP contribution in [-0.2, 0) is 11.2 Å². The Labute approximate surface area is 140 Å². The molecule has 0 unspecified atom stereocenters. The molecule has 124 valence electrons. The zero-order chi connectivity index (χ0) is 16.8. The maximum Gasteiger partial charge on any atom is 0.260 e. The van der Waals surface area contributed by atoms with Crippen LogP contribution < -0.4 is 10.1 Å². The average Bonchev–Trinajstić information content (AvgIpc) is 3.27. The predicted molar refractivity (Wildman–Crippen MR) is 89.1 cm³/mol. The molecule has 0 aliphatic rings. The van der Waals surface area contributed by atoms with Crippen LogP contribution in [0.3, 0.4) is 0 Å². The molecule has 2 aromatic heterocycles. The number of furan rings is 1. The molecule has 0 aliphatic carbocycles. The maximum atomic E-state index is 12.1. The third-order valence-electron chi connectivity index (χ3n) is 3.50. The molecule has 1 atom stereocenters. The molecule has 2 heterocycles. The standard InChI is InChI=1S/C18H19N3O3/c1-14(18(22)19-11-9-16-8-5-13-23-16)24-17-10-12-21(20-17)15-6-3-2-4-7-15/h2-8,10,12-14H,9,11H2,1H3,(H,19,22)/t14-/m1/s1. The maximum absolute atomic E-state index is 12.1. The second-order valence-corrected chi connectivity index (χ2v) is 5.31. The molecular formula is C18H19N3O3. The third kappa shape index (κ3) is 4.04. The minimum Gasteiger partial charge on any atom is -0.469 e. The lowest BCUT2D eigenvalue weighted by Gasteiger charge is -2.12. The molecular weight excluding hydrogens is 306 g/mol. The Morgan fingerprint density at radius 1 is 1.25 bits per heavy atom. The molecule has 1 N–H and O–H groups in total. The Balaban J connectivity index is 1.50. The van der Waals surface area contributed by atoms with Gasteiger partial charge in [-0.3, -0.25) is 4.79 Å². The molecule has 3 rings (SSSR count). The molecule has 0 bridgehead atoms. The van der Waals surface area contributed by atoms with Gasteiger partial charge >= 0.3 is 0 Å². The Bertz CT molecular complexity index is 766. The summed E-state index contributed by atoms with van der Waals surface area (Å²) >= 11 is 0. The highest BCUT2D eigenvalue weighted by molar-refractivity contribution is 5.80. The van der Waals surface area contributed by atoms with Crippen LogP contribution >= 0.6 is 0 Å². The number of carbonyl (C=O) groups excluding carboxylic acids is 1. The molecule has 0 aliphatic heterocycles. The number of hydrogen-bond donors (Lipinski definition) is 1. The van der Waals surface area contributed by atoms with Crippen molar-refractivity contribution in [2.45, 2.75) is 19.4 Å². The van der Waals surface area contributed by atoms with Crippen molar-refractivity contribution in [3.8, 4) is 11.6 Å². The number of para-hydroxylation sites is 1. The normalized spacial score (nSPS) is 11.9. The van der Waals surface area contributed by atoms with Crippen molar-refractivity contribution in [3.05, 3.63) is 66.8 Å². The van der Waals surface area contributed by atoms with Crippen molar-refractivity contribution in [2.24, 2.45) is 0 Å². The molecule has 6 nitrogen and oxygen atoms in total. The van der Waals surface area contributed by atoms with E-state index in [0.717, 1.165) is 11.4 Å². The second kappa shape index (κ2) is 7.50. The molecule has 24 heavy (non-hydrogen) atoms. The van der Waals surface area contributed by atoms with Gasteiger partial charge in [-0.1, -0.05) is 18.2 Å². The highest BCUT2D eigenvalue weighted by Gasteiger charge is 2.15. The van der Waals surface area contributed by atoms with Crippen LogP contribution in [0.25, 0.3) is 5.69 Å². The fourth-order valence-corrected chi connectivity index (χ4v) is 2.24. The number of amides is 1. The fraction of sp³-hybridized carbons (Fsp3) is 0.222. The topological polar surface area (TPSA) is 69.3 Å². The Morgan fingerprint density at radius 2 is 2.08 bits per heavy atom. The fourth-order valence-electron chi connectivity index (χ4n) is 2.24. The number of nitrogens with zero attached hydrogens (tertiary/aromatic N) is 2. The summed E-state index contributed by atoms with van der Waals surface area (Å²) in [7, 11) is 0. The second-order valence-electron chi connectivity index (χ2n) is 5.31. The van der Waals surface area contributed by atoms with E-state index in [-0.39, 0.29) is 5.91 Å². The van der Waals surface area contributed by atoms with E-state index in [1.807, 2.05) is 42.5 Å². The van der Waals surface area contributed by atoms with Gasteiger partial charge in [0.2, 0.25) is 5.88 Å². The van der Waals surface area contributed by atoms with E-state index in [9.17, 15) is 4.79 Å². The van der Waals surface area contributed by atoms with Gasteiger partial charge in [0.15, 0.2) is 6.10 Å². The van der Waals surface area contributed by atoms with Crippen LogP contribution in [0, 0.1) is 0 Å². The number of nitrogens with one attached hydrogen (secondary N) is 1. The van der Waals surface area contributed by atoms with Crippen molar-refractivity contribution in [1.82, 2.24) is 15.1 Å². The van der Waals surface area contributed by atoms with Crippen LogP contribution in [0.1, 0.15) is 12.7 Å². The van der Waals surface area contributed by atoms with E-state index in [0.29, 0.717) is 18.8 Å². The van der Waals surface area contributed by atoms with Crippen molar-refractivity contribution in [2.75, 3.05) is 6.54 Å². The molecule has 0 spiro atoms. The first-order valence-corrected chi connectivity index (χ1v) is 7.80. The highest BCUT2D eigenvalue weighted by Crippen LogP contribution is 2.13. The van der Waals surface area contributed by atoms with Crippen molar-refractivity contribution in [1.29, 1.82) is 0 Å². The molecule has 1 amide bonds. The summed E-state index contributed by atoms with van der Waals surface area (Å²) in [6, 6.07) is 15.1. The van der Waals surface area contributed by atoms with Gasteiger partial charge in [-0.25, -0.2) is 4.68 Å². The third-order valence-corrected chi connectivity index (χ3v) is 3.50. The summed E-state index contributed by atoms with van der Waals surface area (Å²) in [5.41, 5.74) is 0.933. The average molecular weight is 325 g/mol. The monoisotopic (exact) mass is 325 g/mol. The molecule has 1 aromatic carbocycles. The number of benzene rings is 1. The summed E-state index contributed by atoms with van der Waals surface area (Å²) in [5.74, 6) is 1.06. The van der Waals surface area contributed by atoms with Gasteiger partial charge in [-0.05, 0) is 31.2 Å². The lowest BCUT2D eigenvalue weighted by atomic mass is 10.3. The van der Waals surface area contributed by atoms with Crippen molar-refractivity contribution < 1.29 is 13.9 Å². The van der Waals surface area contributed by atoms with E-state index in [4.69, 9.17) is 9.15 Å². The predicted octanol–water partition coefficient (Wildman–Crippen LogP) is 2.59. The highest BCUT2D eigenvalue weighted by atomic mass is 16.5. The first-order chi connectivity index (χ1) is 11.7. The van der Waals surface area contributed by atoms with Crippen LogP contribution in [0.5, 0.6) is 5.88 Å². The molecule has 6 heteroatoms. The van der Waals surface area contributed by atoms with Gasteiger partial charge in [0.1, 0.15) is 5.76 Å². The van der Waals surface area contributed by atoms with E-state index in [2.05, 4.69) is 10.4 Å². The summed E-state index contributed by atoms with van der Waals surface area (Å²) in [6.45, 7) is 2.20. The van der Waals surface area contributed by atoms with E-state index in [1.54, 1.807) is 30.1 Å². The Hall–Kier alpha value is -3.02. The van der Waals surface area contributed by atoms with Crippen LogP contribution in [0.15, 0.2) is 65.4 Å². The van der Waals surface area contributed by atoms with E-state index in [1.165, 1.54) is 0 Å². The quantitative estimate of drug-likeness (QED) is 0.725. The number of aromatic nitrogens is 2. The van der Waals surface area contributed by atoms with Crippen LogP contribution in [-0.4, -0.2) is 28.3 Å². The largest absolute Gasteiger partial charge is 0.469 e. The minimum atomic E-state index is -0.624. The van der Waals surface area contributed by atoms with Crippen molar-refractivity contribution in [3.63, 3.8) is 0 Å². The Kier molecular flexibility index (Phi) is 4.96. The molecule has 0 fully saturated rings. The molecule has 0 saturated carbocycles. The number of ether oxygens (including phenoxy) is 1. The van der Waals surface area contributed by atoms with Gasteiger partial charge < -0.3 is 14.5 Å². The van der Waals surface area contributed by atoms with Crippen LogP contribution in [0.4, 0.5) is 0 Å². The lowest BCUT2D eigenvalue weighted by molar-refractivity contribution is -0.127. The summed E-state index contributed by atoms with van der Waals surface area (Å²) < 4.78 is 12.5. The number of rotatable bonds is 7. The summed E-state index contributed by atoms with van der Waals surface area (Å²) in [4.78, 5) is 12.1. The van der Waals surface area contributed by atoms with Gasteiger partial charge in [0.05, 0.1) is 12.0 Å². The molecule has 3 aromatic rings. The first-order valence-electron chi connectivity index (χ1n) is 7.80. The van der Waals surface area contributed by atoms with Crippen LogP contribution in [0.2, 0.25) is 0 Å². The summed E-state index contributed by atoms with van der Waals surface area (Å²) in [6.07, 6.45) is 3.44. The molecule has 0 saturated heterocycles. The van der Waals surface area contributed by atoms with E-state index < -0.39 is 6.10 Å². The smallest absolute Gasteiger partial charge is 0.260 e. The number of hydrogen-bond acceptors (Lipinski definition) is 4. The summed E-state index contributed by atoms with van der Waals surface area (Å²) in [5, 5.41) is 7.14. The SMILES string of the molecule is C[C@@H](Oc1ccn(-c2ccccc2)n1)C(=O)NCCc1ccco1. The first kappa shape index (κ1) is 15.9. The van der Waals surface area contributed by atoms with Gasteiger partial charge in [0.25, 0.3) is 5.91 Å². The number of carbonyl (C=O) groups is 1. The lowest BCUT2D eigenvalue weighted by Crippen LogP contribution is -2.37. The van der Waals surface area contributed by atoms with Gasteiger partial charge in [0, 0.05) is 25.2 Å². The van der Waals surface area contributed by atoms with Gasteiger partial charge in [-0.15, -0.1) is 5.10 Å². The van der Waals surface area contributed by atoms with Crippen molar-refractivity contribution >= 4 is 5.91 Å². The molecule has 0 radical (unpaired) electrons. The zero-order valence-corrected chi connectivity index (χ0v) is 13.4. The minimum absolute atomic E-state index is 0.184.